The van der Waals surface area contributed by atoms with Crippen molar-refractivity contribution in [1.82, 2.24) is 0 Å². The second-order valence-corrected chi connectivity index (χ2v) is 3.99. The van der Waals surface area contributed by atoms with Crippen LogP contribution in [0.15, 0.2) is 0 Å². The first-order valence-electron chi connectivity index (χ1n) is 5.44. The molecule has 0 aliphatic rings. The van der Waals surface area contributed by atoms with Crippen LogP contribution in [0.2, 0.25) is 0 Å². The fraction of sp³-hybridized carbons (Fsp3) is 1.00. The smallest absolute Gasteiger partial charge is 0.00489 e. The van der Waals surface area contributed by atoms with Gasteiger partial charge >= 0.3 is 0 Å². The molecule has 0 rings (SSSR count). The van der Waals surface area contributed by atoms with E-state index < -0.39 is 0 Å². The molecule has 0 bridgehead atoms. The molecule has 1 heteroatoms. The third kappa shape index (κ3) is 5.59. The van der Waals surface area contributed by atoms with E-state index in [2.05, 4.69) is 20.8 Å². The summed E-state index contributed by atoms with van der Waals surface area (Å²) in [5, 5.41) is 0. The van der Waals surface area contributed by atoms with Crippen LogP contribution < -0.4 is 5.73 Å². The van der Waals surface area contributed by atoms with Gasteiger partial charge in [0.25, 0.3) is 0 Å². The maximum absolute atomic E-state index is 5.66. The molecule has 0 spiro atoms. The van der Waals surface area contributed by atoms with Crippen LogP contribution in [-0.4, -0.2) is 6.54 Å². The number of nitrogens with two attached hydrogens (primary N) is 1. The second-order valence-electron chi connectivity index (χ2n) is 3.99. The summed E-state index contributed by atoms with van der Waals surface area (Å²) in [4.78, 5) is 0. The molecule has 12 heavy (non-hydrogen) atoms. The van der Waals surface area contributed by atoms with Crippen molar-refractivity contribution in [3.8, 4) is 0 Å². The molecular weight excluding hydrogens is 146 g/mol. The molecule has 0 aliphatic carbocycles. The molecule has 2 atom stereocenters. The standard InChI is InChI=1S/C11H25N/c1-4-6-7-10(3)8-11(5-2)9-12/h10-11H,4-9,12H2,1-3H3/t10?,11-/m0/s1. The van der Waals surface area contributed by atoms with Crippen molar-refractivity contribution in [2.24, 2.45) is 17.6 Å². The molecule has 0 aliphatic heterocycles. The molecule has 0 fully saturated rings. The zero-order chi connectivity index (χ0) is 9.40. The predicted octanol–water partition coefficient (Wildman–Crippen LogP) is 3.19. The zero-order valence-electron chi connectivity index (χ0n) is 8.97. The van der Waals surface area contributed by atoms with E-state index in [1.807, 2.05) is 0 Å². The maximum Gasteiger partial charge on any atom is -0.00489 e. The average molecular weight is 171 g/mol. The molecule has 0 heterocycles. The Morgan fingerprint density at radius 2 is 1.92 bits per heavy atom. The monoisotopic (exact) mass is 171 g/mol. The van der Waals surface area contributed by atoms with E-state index in [1.54, 1.807) is 0 Å². The first kappa shape index (κ1) is 12.0. The molecule has 0 aromatic carbocycles. The van der Waals surface area contributed by atoms with Crippen molar-refractivity contribution in [2.45, 2.75) is 52.9 Å². The summed E-state index contributed by atoms with van der Waals surface area (Å²) in [6, 6.07) is 0. The van der Waals surface area contributed by atoms with E-state index in [0.717, 1.165) is 18.4 Å². The lowest BCUT2D eigenvalue weighted by Gasteiger charge is -2.17. The Morgan fingerprint density at radius 3 is 2.33 bits per heavy atom. The third-order valence-corrected chi connectivity index (χ3v) is 2.70. The largest absolute Gasteiger partial charge is 0.330 e. The van der Waals surface area contributed by atoms with Crippen LogP contribution in [0.5, 0.6) is 0 Å². The lowest BCUT2D eigenvalue weighted by atomic mass is 9.90. The Balaban J connectivity index is 3.44. The fourth-order valence-electron chi connectivity index (χ4n) is 1.67. The normalized spacial score (nSPS) is 16.0. The summed E-state index contributed by atoms with van der Waals surface area (Å²) in [5.74, 6) is 1.63. The van der Waals surface area contributed by atoms with Crippen LogP contribution in [0.1, 0.15) is 52.9 Å². The summed E-state index contributed by atoms with van der Waals surface area (Å²) in [7, 11) is 0. The topological polar surface area (TPSA) is 26.0 Å². The molecule has 0 aromatic heterocycles. The molecule has 1 nitrogen and oxygen atoms in total. The Kier molecular flexibility index (Phi) is 7.58. The highest BCUT2D eigenvalue weighted by atomic mass is 14.5. The van der Waals surface area contributed by atoms with Gasteiger partial charge in [-0.1, -0.05) is 46.5 Å². The van der Waals surface area contributed by atoms with Crippen LogP contribution >= 0.6 is 0 Å². The van der Waals surface area contributed by atoms with Gasteiger partial charge in [-0.25, -0.2) is 0 Å². The van der Waals surface area contributed by atoms with Gasteiger partial charge in [0.1, 0.15) is 0 Å². The number of rotatable bonds is 7. The molecule has 0 aromatic rings. The highest BCUT2D eigenvalue weighted by Gasteiger charge is 2.08. The lowest BCUT2D eigenvalue weighted by Crippen LogP contribution is -2.16. The minimum absolute atomic E-state index is 0.761. The number of unbranched alkanes of at least 4 members (excludes halogenated alkanes) is 1. The Hall–Kier alpha value is -0.0400. The number of hydrogen-bond donors (Lipinski definition) is 1. The fourth-order valence-corrected chi connectivity index (χ4v) is 1.67. The molecule has 74 valence electrons. The first-order chi connectivity index (χ1) is 5.74. The Morgan fingerprint density at radius 1 is 1.25 bits per heavy atom. The van der Waals surface area contributed by atoms with Gasteiger partial charge < -0.3 is 5.73 Å². The lowest BCUT2D eigenvalue weighted by molar-refractivity contribution is 0.364. The number of hydrogen-bond acceptors (Lipinski definition) is 1. The van der Waals surface area contributed by atoms with Gasteiger partial charge in [-0.3, -0.25) is 0 Å². The minimum atomic E-state index is 0.761. The van der Waals surface area contributed by atoms with Gasteiger partial charge in [-0.15, -0.1) is 0 Å². The minimum Gasteiger partial charge on any atom is -0.330 e. The van der Waals surface area contributed by atoms with E-state index in [0.29, 0.717) is 0 Å². The second kappa shape index (κ2) is 7.60. The highest BCUT2D eigenvalue weighted by molar-refractivity contribution is 4.62. The summed E-state index contributed by atoms with van der Waals surface area (Å²) in [6.07, 6.45) is 6.65. The highest BCUT2D eigenvalue weighted by Crippen LogP contribution is 2.19. The van der Waals surface area contributed by atoms with Gasteiger partial charge in [-0.2, -0.15) is 0 Å². The van der Waals surface area contributed by atoms with Gasteiger partial charge in [0, 0.05) is 0 Å². The van der Waals surface area contributed by atoms with Crippen molar-refractivity contribution >= 4 is 0 Å². The van der Waals surface area contributed by atoms with E-state index in [4.69, 9.17) is 5.73 Å². The summed E-state index contributed by atoms with van der Waals surface area (Å²) < 4.78 is 0. The van der Waals surface area contributed by atoms with Crippen LogP contribution in [0.4, 0.5) is 0 Å². The van der Waals surface area contributed by atoms with E-state index in [1.165, 1.54) is 32.1 Å². The van der Waals surface area contributed by atoms with Crippen molar-refractivity contribution in [3.63, 3.8) is 0 Å². The van der Waals surface area contributed by atoms with Crippen LogP contribution in [0.25, 0.3) is 0 Å². The third-order valence-electron chi connectivity index (χ3n) is 2.70. The SMILES string of the molecule is CCCCC(C)C[C@H](CC)CN. The van der Waals surface area contributed by atoms with E-state index >= 15 is 0 Å². The van der Waals surface area contributed by atoms with Gasteiger partial charge in [-0.05, 0) is 24.8 Å². The molecule has 0 saturated carbocycles. The van der Waals surface area contributed by atoms with Crippen LogP contribution in [-0.2, 0) is 0 Å². The molecule has 2 N–H and O–H groups in total. The van der Waals surface area contributed by atoms with Crippen molar-refractivity contribution in [1.29, 1.82) is 0 Å². The van der Waals surface area contributed by atoms with Gasteiger partial charge in [0.15, 0.2) is 0 Å². The molecular formula is C11H25N. The predicted molar refractivity (Wildman–Crippen MR) is 56.1 cm³/mol. The van der Waals surface area contributed by atoms with E-state index in [-0.39, 0.29) is 0 Å². The molecule has 0 radical (unpaired) electrons. The Labute approximate surface area is 77.7 Å². The Bertz CT molecular complexity index is 87.0. The van der Waals surface area contributed by atoms with Gasteiger partial charge in [0.05, 0.1) is 0 Å². The van der Waals surface area contributed by atoms with Crippen molar-refractivity contribution in [2.75, 3.05) is 6.54 Å². The average Bonchev–Trinajstić information content (AvgIpc) is 2.10. The van der Waals surface area contributed by atoms with Crippen molar-refractivity contribution < 1.29 is 0 Å². The quantitative estimate of drug-likeness (QED) is 0.625. The van der Waals surface area contributed by atoms with Crippen LogP contribution in [0.3, 0.4) is 0 Å². The zero-order valence-corrected chi connectivity index (χ0v) is 8.97. The molecule has 0 saturated heterocycles. The van der Waals surface area contributed by atoms with Crippen LogP contribution in [0, 0.1) is 11.8 Å². The van der Waals surface area contributed by atoms with E-state index in [9.17, 15) is 0 Å². The maximum atomic E-state index is 5.66. The molecule has 0 amide bonds. The van der Waals surface area contributed by atoms with Gasteiger partial charge in [0.2, 0.25) is 0 Å². The summed E-state index contributed by atoms with van der Waals surface area (Å²) in [5.41, 5.74) is 5.66. The first-order valence-corrected chi connectivity index (χ1v) is 5.44. The molecule has 1 unspecified atom stereocenters. The summed E-state index contributed by atoms with van der Waals surface area (Å²) >= 11 is 0. The summed E-state index contributed by atoms with van der Waals surface area (Å²) in [6.45, 7) is 7.72. The van der Waals surface area contributed by atoms with Crippen molar-refractivity contribution in [3.05, 3.63) is 0 Å².